The molecule has 216 valence electrons. The first kappa shape index (κ1) is 28.5. The lowest BCUT2D eigenvalue weighted by Gasteiger charge is -2.26. The van der Waals surface area contributed by atoms with E-state index >= 15 is 0 Å². The zero-order chi connectivity index (χ0) is 29.0. The lowest BCUT2D eigenvalue weighted by Crippen LogP contribution is -2.41. The van der Waals surface area contributed by atoms with Gasteiger partial charge in [0.05, 0.1) is 37.6 Å². The van der Waals surface area contributed by atoms with Gasteiger partial charge < -0.3 is 19.5 Å². The number of hydrogen-bond donors (Lipinski definition) is 1. The van der Waals surface area contributed by atoms with Crippen molar-refractivity contribution in [3.8, 4) is 10.8 Å². The van der Waals surface area contributed by atoms with Crippen LogP contribution in [0.2, 0.25) is 0 Å². The molecule has 1 aliphatic rings. The second kappa shape index (κ2) is 12.2. The lowest BCUT2D eigenvalue weighted by molar-refractivity contribution is -0.138. The van der Waals surface area contributed by atoms with Crippen LogP contribution in [-0.4, -0.2) is 77.8 Å². The van der Waals surface area contributed by atoms with Gasteiger partial charge in [0.1, 0.15) is 34.9 Å². The standard InChI is InChI=1S/C27H26F3N5O5S/c1-38-26(37)24-22(40-15-17-4-2-3-5-18(17)27(28,29)30)13-23(41-24)35-16-33-20-14-32-19(12-21(20)35)25(36)31-6-7-34-8-10-39-11-9-34/h2-5,12-14,16H,6-11,15H2,1H3,(H,31,36). The number of carbonyl (C=O) groups excluding carboxylic acids is 2. The van der Waals surface area contributed by atoms with Gasteiger partial charge in [-0.2, -0.15) is 13.2 Å². The first-order valence-electron chi connectivity index (χ1n) is 12.7. The number of carbonyl (C=O) groups is 2. The zero-order valence-electron chi connectivity index (χ0n) is 21.9. The minimum atomic E-state index is -4.55. The Kier molecular flexibility index (Phi) is 8.52. The molecule has 0 spiro atoms. The predicted molar refractivity (Wildman–Crippen MR) is 143 cm³/mol. The van der Waals surface area contributed by atoms with Gasteiger partial charge in [-0.15, -0.1) is 11.3 Å². The van der Waals surface area contributed by atoms with Crippen LogP contribution in [0.4, 0.5) is 13.2 Å². The molecular formula is C27H26F3N5O5S. The van der Waals surface area contributed by atoms with Crippen molar-refractivity contribution < 1.29 is 37.0 Å². The van der Waals surface area contributed by atoms with Gasteiger partial charge in [0.25, 0.3) is 5.91 Å². The molecule has 5 rings (SSSR count). The number of fused-ring (bicyclic) bond motifs is 1. The summed E-state index contributed by atoms with van der Waals surface area (Å²) in [5.41, 5.74) is 0.339. The monoisotopic (exact) mass is 589 g/mol. The second-order valence-electron chi connectivity index (χ2n) is 9.10. The van der Waals surface area contributed by atoms with Crippen LogP contribution in [0.5, 0.6) is 5.75 Å². The van der Waals surface area contributed by atoms with Gasteiger partial charge in [-0.3, -0.25) is 14.3 Å². The number of pyridine rings is 1. The Morgan fingerprint density at radius 3 is 2.68 bits per heavy atom. The molecule has 0 bridgehead atoms. The van der Waals surface area contributed by atoms with Crippen LogP contribution in [0, 0.1) is 0 Å². The number of halogens is 3. The number of thiophene rings is 1. The van der Waals surface area contributed by atoms with Gasteiger partial charge in [-0.1, -0.05) is 18.2 Å². The first-order chi connectivity index (χ1) is 19.7. The molecule has 1 aliphatic heterocycles. The summed E-state index contributed by atoms with van der Waals surface area (Å²) in [7, 11) is 1.20. The van der Waals surface area contributed by atoms with E-state index < -0.39 is 24.3 Å². The summed E-state index contributed by atoms with van der Waals surface area (Å²) in [6.45, 7) is 3.69. The third-order valence-corrected chi connectivity index (χ3v) is 7.58. The zero-order valence-corrected chi connectivity index (χ0v) is 22.8. The molecule has 41 heavy (non-hydrogen) atoms. The molecular weight excluding hydrogens is 563 g/mol. The summed E-state index contributed by atoms with van der Waals surface area (Å²) in [5.74, 6) is -0.987. The van der Waals surface area contributed by atoms with Crippen molar-refractivity contribution in [2.24, 2.45) is 0 Å². The van der Waals surface area contributed by atoms with Crippen LogP contribution >= 0.6 is 11.3 Å². The van der Waals surface area contributed by atoms with Gasteiger partial charge >= 0.3 is 12.1 Å². The highest BCUT2D eigenvalue weighted by Crippen LogP contribution is 2.36. The van der Waals surface area contributed by atoms with Crippen molar-refractivity contribution >= 4 is 34.2 Å². The molecule has 1 aromatic carbocycles. The maximum Gasteiger partial charge on any atom is 0.416 e. The molecule has 0 atom stereocenters. The number of amides is 1. The van der Waals surface area contributed by atoms with Crippen molar-refractivity contribution in [3.05, 3.63) is 70.6 Å². The fraction of sp³-hybridized carbons (Fsp3) is 0.333. The Balaban J connectivity index is 1.37. The van der Waals surface area contributed by atoms with E-state index in [1.807, 2.05) is 0 Å². The molecule has 4 aromatic rings. The maximum atomic E-state index is 13.4. The summed E-state index contributed by atoms with van der Waals surface area (Å²) in [5, 5.41) is 3.36. The number of rotatable bonds is 9. The highest BCUT2D eigenvalue weighted by atomic mass is 32.1. The molecule has 3 aromatic heterocycles. The number of imidazole rings is 1. The Hall–Kier alpha value is -4.01. The number of esters is 1. The SMILES string of the molecule is COC(=O)c1sc(-n2cnc3cnc(C(=O)NCCN4CCOCC4)cc32)cc1OCc1ccccc1C(F)(F)F. The van der Waals surface area contributed by atoms with Crippen LogP contribution in [0.3, 0.4) is 0 Å². The fourth-order valence-corrected chi connectivity index (χ4v) is 5.36. The molecule has 4 heterocycles. The Labute approximate surface area is 236 Å². The summed E-state index contributed by atoms with van der Waals surface area (Å²) < 4.78 is 57.9. The number of aromatic nitrogens is 3. The van der Waals surface area contributed by atoms with E-state index in [9.17, 15) is 22.8 Å². The van der Waals surface area contributed by atoms with E-state index in [-0.39, 0.29) is 27.8 Å². The molecule has 0 saturated carbocycles. The van der Waals surface area contributed by atoms with Crippen LogP contribution in [0.15, 0.2) is 48.9 Å². The third-order valence-electron chi connectivity index (χ3n) is 6.48. The Morgan fingerprint density at radius 2 is 1.93 bits per heavy atom. The number of methoxy groups -OCH3 is 1. The van der Waals surface area contributed by atoms with Gasteiger partial charge in [0.15, 0.2) is 4.88 Å². The van der Waals surface area contributed by atoms with Crippen LogP contribution in [-0.2, 0) is 22.3 Å². The molecule has 1 saturated heterocycles. The Bertz CT molecular complexity index is 1550. The predicted octanol–water partition coefficient (Wildman–Crippen LogP) is 3.93. The molecule has 0 aliphatic carbocycles. The van der Waals surface area contributed by atoms with Crippen LogP contribution < -0.4 is 10.1 Å². The van der Waals surface area contributed by atoms with Crippen molar-refractivity contribution in [3.63, 3.8) is 0 Å². The highest BCUT2D eigenvalue weighted by molar-refractivity contribution is 7.16. The number of ether oxygens (including phenoxy) is 3. The average Bonchev–Trinajstić information content (AvgIpc) is 3.59. The van der Waals surface area contributed by atoms with E-state index in [1.54, 1.807) is 10.6 Å². The molecule has 1 amide bonds. The number of hydrogen-bond acceptors (Lipinski definition) is 9. The van der Waals surface area contributed by atoms with Crippen molar-refractivity contribution in [2.75, 3.05) is 46.5 Å². The highest BCUT2D eigenvalue weighted by Gasteiger charge is 2.33. The molecule has 1 fully saturated rings. The topological polar surface area (TPSA) is 108 Å². The van der Waals surface area contributed by atoms with Gasteiger partial charge in [0.2, 0.25) is 0 Å². The van der Waals surface area contributed by atoms with E-state index in [0.29, 0.717) is 42.3 Å². The van der Waals surface area contributed by atoms with Crippen LogP contribution in [0.1, 0.15) is 31.3 Å². The molecule has 0 unspecified atom stereocenters. The quantitative estimate of drug-likeness (QED) is 0.293. The maximum absolute atomic E-state index is 13.4. The van der Waals surface area contributed by atoms with E-state index in [4.69, 9.17) is 14.2 Å². The molecule has 1 N–H and O–H groups in total. The number of nitrogens with zero attached hydrogens (tertiary/aromatic N) is 4. The molecule has 14 heteroatoms. The normalized spacial score (nSPS) is 14.2. The number of morpholine rings is 1. The van der Waals surface area contributed by atoms with E-state index in [0.717, 1.165) is 30.5 Å². The van der Waals surface area contributed by atoms with Crippen LogP contribution in [0.25, 0.3) is 16.0 Å². The summed E-state index contributed by atoms with van der Waals surface area (Å²) in [6.07, 6.45) is -1.58. The van der Waals surface area contributed by atoms with E-state index in [2.05, 4.69) is 20.2 Å². The van der Waals surface area contributed by atoms with Gasteiger partial charge in [0, 0.05) is 37.8 Å². The Morgan fingerprint density at radius 1 is 1.15 bits per heavy atom. The largest absolute Gasteiger partial charge is 0.487 e. The number of nitrogens with one attached hydrogen (secondary N) is 1. The average molecular weight is 590 g/mol. The van der Waals surface area contributed by atoms with Gasteiger partial charge in [-0.05, 0) is 12.1 Å². The van der Waals surface area contributed by atoms with Gasteiger partial charge in [-0.25, -0.2) is 14.8 Å². The lowest BCUT2D eigenvalue weighted by atomic mass is 10.1. The minimum Gasteiger partial charge on any atom is -0.487 e. The third kappa shape index (κ3) is 6.50. The summed E-state index contributed by atoms with van der Waals surface area (Å²) in [6, 6.07) is 8.18. The fourth-order valence-electron chi connectivity index (χ4n) is 4.36. The molecule has 0 radical (unpaired) electrons. The summed E-state index contributed by atoms with van der Waals surface area (Å²) >= 11 is 1.02. The first-order valence-corrected chi connectivity index (χ1v) is 13.5. The molecule has 10 nitrogen and oxygen atoms in total. The number of alkyl halides is 3. The number of benzene rings is 1. The second-order valence-corrected chi connectivity index (χ2v) is 10.1. The van der Waals surface area contributed by atoms with Crippen molar-refractivity contribution in [2.45, 2.75) is 12.8 Å². The van der Waals surface area contributed by atoms with Crippen molar-refractivity contribution in [1.29, 1.82) is 0 Å². The minimum absolute atomic E-state index is 0.0609. The van der Waals surface area contributed by atoms with E-state index in [1.165, 1.54) is 43.9 Å². The summed E-state index contributed by atoms with van der Waals surface area (Å²) in [4.78, 5) is 36.1. The smallest absolute Gasteiger partial charge is 0.416 e. The van der Waals surface area contributed by atoms with Crippen molar-refractivity contribution in [1.82, 2.24) is 24.8 Å².